The summed E-state index contributed by atoms with van der Waals surface area (Å²) in [5.74, 6) is -0.607. The SMILES string of the molecule is C[C@H]1[C@H](F)C[C@@H](C(=O)NCc2cc(-c3cnc(C(F)(F)F)s3)ncc2Cl)N1C(=O)OC(C)(C)C. The van der Waals surface area contributed by atoms with Gasteiger partial charge in [0.25, 0.3) is 0 Å². The standard InChI is InChI=1S/C21H23ClF4N4O3S/c1-10-13(23)6-15(30(10)19(32)33-20(2,3)4)17(31)28-7-11-5-14(27-8-12(11)22)16-9-29-18(34-16)21(24,25)26/h5,8-10,13,15H,6-7H2,1-4H3,(H,28,31)/t10-,13+,15-/m0/s1. The number of nitrogens with one attached hydrogen (secondary N) is 1. The summed E-state index contributed by atoms with van der Waals surface area (Å²) in [4.78, 5) is 34.1. The molecule has 0 bridgehead atoms. The lowest BCUT2D eigenvalue weighted by Crippen LogP contribution is -2.50. The number of halogens is 5. The number of ether oxygens (including phenoxy) is 1. The molecular weight excluding hydrogens is 500 g/mol. The fourth-order valence-corrected chi connectivity index (χ4v) is 4.32. The van der Waals surface area contributed by atoms with E-state index in [9.17, 15) is 27.2 Å². The Morgan fingerprint density at radius 2 is 1.94 bits per heavy atom. The normalized spacial score (nSPS) is 21.0. The molecule has 1 saturated heterocycles. The molecule has 2 amide bonds. The molecule has 34 heavy (non-hydrogen) atoms. The van der Waals surface area contributed by atoms with Gasteiger partial charge >= 0.3 is 12.3 Å². The van der Waals surface area contributed by atoms with Crippen molar-refractivity contribution in [1.82, 2.24) is 20.2 Å². The molecule has 1 fully saturated rings. The van der Waals surface area contributed by atoms with Crippen LogP contribution in [0.1, 0.15) is 44.7 Å². The summed E-state index contributed by atoms with van der Waals surface area (Å²) in [6.07, 6.45) is -4.65. The van der Waals surface area contributed by atoms with Gasteiger partial charge in [0.15, 0.2) is 5.01 Å². The molecule has 186 valence electrons. The van der Waals surface area contributed by atoms with Crippen LogP contribution in [0, 0.1) is 0 Å². The molecule has 2 aromatic heterocycles. The van der Waals surface area contributed by atoms with Gasteiger partial charge in [0.2, 0.25) is 5.91 Å². The van der Waals surface area contributed by atoms with Gasteiger partial charge in [-0.15, -0.1) is 11.3 Å². The number of aromatic nitrogens is 2. The quantitative estimate of drug-likeness (QED) is 0.556. The fourth-order valence-electron chi connectivity index (χ4n) is 3.40. The number of nitrogens with zero attached hydrogens (tertiary/aromatic N) is 3. The fraction of sp³-hybridized carbons (Fsp3) is 0.524. The first-order valence-corrected chi connectivity index (χ1v) is 11.5. The number of carbonyl (C=O) groups excluding carboxylic acids is 2. The van der Waals surface area contributed by atoms with Crippen LogP contribution in [0.2, 0.25) is 5.02 Å². The highest BCUT2D eigenvalue weighted by atomic mass is 35.5. The zero-order valence-electron chi connectivity index (χ0n) is 18.7. The highest BCUT2D eigenvalue weighted by Gasteiger charge is 2.46. The van der Waals surface area contributed by atoms with Crippen LogP contribution in [0.3, 0.4) is 0 Å². The van der Waals surface area contributed by atoms with Gasteiger partial charge in [-0.1, -0.05) is 11.6 Å². The van der Waals surface area contributed by atoms with Gasteiger partial charge in [-0.05, 0) is 39.3 Å². The third-order valence-corrected chi connectivity index (χ3v) is 6.45. The Labute approximate surface area is 202 Å². The average molecular weight is 523 g/mol. The number of pyridine rings is 1. The topological polar surface area (TPSA) is 84.4 Å². The maximum Gasteiger partial charge on any atom is 0.443 e. The maximum absolute atomic E-state index is 14.4. The summed E-state index contributed by atoms with van der Waals surface area (Å²) >= 11 is 6.58. The van der Waals surface area contributed by atoms with E-state index >= 15 is 0 Å². The Morgan fingerprint density at radius 3 is 2.53 bits per heavy atom. The van der Waals surface area contributed by atoms with Gasteiger partial charge in [-0.3, -0.25) is 14.7 Å². The zero-order chi connectivity index (χ0) is 25.4. The van der Waals surface area contributed by atoms with Crippen LogP contribution in [0.5, 0.6) is 0 Å². The number of hydrogen-bond acceptors (Lipinski definition) is 6. The summed E-state index contributed by atoms with van der Waals surface area (Å²) in [7, 11) is 0. The van der Waals surface area contributed by atoms with Crippen molar-refractivity contribution in [3.8, 4) is 10.6 Å². The van der Waals surface area contributed by atoms with Gasteiger partial charge in [-0.2, -0.15) is 13.2 Å². The molecule has 1 aliphatic heterocycles. The van der Waals surface area contributed by atoms with Crippen molar-refractivity contribution in [2.45, 2.75) is 70.7 Å². The third-order valence-electron chi connectivity index (χ3n) is 5.04. The van der Waals surface area contributed by atoms with Crippen LogP contribution < -0.4 is 5.32 Å². The number of likely N-dealkylation sites (tertiary alicyclic amines) is 1. The van der Waals surface area contributed by atoms with E-state index in [0.717, 1.165) is 11.1 Å². The first kappa shape index (κ1) is 26.1. The molecule has 3 atom stereocenters. The number of amides is 2. The molecule has 7 nitrogen and oxygen atoms in total. The Balaban J connectivity index is 1.74. The second kappa shape index (κ2) is 9.65. The van der Waals surface area contributed by atoms with Crippen molar-refractivity contribution in [2.75, 3.05) is 0 Å². The predicted molar refractivity (Wildman–Crippen MR) is 118 cm³/mol. The monoisotopic (exact) mass is 522 g/mol. The van der Waals surface area contributed by atoms with E-state index < -0.39 is 47.0 Å². The molecule has 1 N–H and O–H groups in total. The summed E-state index contributed by atoms with van der Waals surface area (Å²) in [5, 5.41) is 1.79. The molecular formula is C21H23ClF4N4O3S. The largest absolute Gasteiger partial charge is 0.444 e. The summed E-state index contributed by atoms with van der Waals surface area (Å²) < 4.78 is 58.2. The minimum atomic E-state index is -4.57. The summed E-state index contributed by atoms with van der Waals surface area (Å²) in [6, 6.07) is -0.497. The molecule has 3 rings (SSSR count). The number of rotatable bonds is 4. The first-order valence-electron chi connectivity index (χ1n) is 10.3. The van der Waals surface area contributed by atoms with Crippen LogP contribution in [0.4, 0.5) is 22.4 Å². The minimum absolute atomic E-state index is 0.109. The highest BCUT2D eigenvalue weighted by Crippen LogP contribution is 2.36. The van der Waals surface area contributed by atoms with Crippen LogP contribution in [-0.2, 0) is 22.3 Å². The molecule has 0 unspecified atom stereocenters. The van der Waals surface area contributed by atoms with Crippen molar-refractivity contribution >= 4 is 34.9 Å². The van der Waals surface area contributed by atoms with Crippen molar-refractivity contribution in [1.29, 1.82) is 0 Å². The third kappa shape index (κ3) is 5.96. The van der Waals surface area contributed by atoms with Gasteiger partial charge in [0.05, 0.1) is 21.6 Å². The number of alkyl halides is 4. The first-order chi connectivity index (χ1) is 15.7. The van der Waals surface area contributed by atoms with Gasteiger partial charge in [-0.25, -0.2) is 14.2 Å². The highest BCUT2D eigenvalue weighted by molar-refractivity contribution is 7.15. The van der Waals surface area contributed by atoms with E-state index in [2.05, 4.69) is 15.3 Å². The van der Waals surface area contributed by atoms with E-state index in [-0.39, 0.29) is 28.6 Å². The zero-order valence-corrected chi connectivity index (χ0v) is 20.3. The van der Waals surface area contributed by atoms with E-state index in [1.807, 2.05) is 0 Å². The lowest BCUT2D eigenvalue weighted by Gasteiger charge is -2.30. The number of carbonyl (C=O) groups is 2. The Bertz CT molecular complexity index is 1070. The maximum atomic E-state index is 14.4. The molecule has 0 radical (unpaired) electrons. The van der Waals surface area contributed by atoms with Crippen LogP contribution in [0.25, 0.3) is 10.6 Å². The minimum Gasteiger partial charge on any atom is -0.444 e. The van der Waals surface area contributed by atoms with Gasteiger partial charge in [0.1, 0.15) is 17.8 Å². The second-order valence-corrected chi connectivity index (χ2v) is 10.2. The molecule has 1 aliphatic rings. The molecule has 0 spiro atoms. The second-order valence-electron chi connectivity index (χ2n) is 8.80. The number of hydrogen-bond donors (Lipinski definition) is 1. The lowest BCUT2D eigenvalue weighted by atomic mass is 10.1. The van der Waals surface area contributed by atoms with Crippen LogP contribution in [0.15, 0.2) is 18.5 Å². The van der Waals surface area contributed by atoms with Gasteiger partial charge in [0, 0.05) is 25.4 Å². The molecule has 2 aromatic rings. The molecule has 0 aliphatic carbocycles. The van der Waals surface area contributed by atoms with Crippen molar-refractivity contribution < 1.29 is 31.9 Å². The molecule has 3 heterocycles. The van der Waals surface area contributed by atoms with E-state index in [1.54, 1.807) is 20.8 Å². The van der Waals surface area contributed by atoms with Crippen molar-refractivity contribution in [3.63, 3.8) is 0 Å². The van der Waals surface area contributed by atoms with E-state index in [0.29, 0.717) is 16.9 Å². The Hall–Kier alpha value is -2.47. The van der Waals surface area contributed by atoms with E-state index in [4.69, 9.17) is 16.3 Å². The Kier molecular flexibility index (Phi) is 7.42. The smallest absolute Gasteiger partial charge is 0.443 e. The van der Waals surface area contributed by atoms with E-state index in [1.165, 1.54) is 19.2 Å². The van der Waals surface area contributed by atoms with Crippen LogP contribution in [-0.4, -0.2) is 50.7 Å². The molecule has 0 saturated carbocycles. The van der Waals surface area contributed by atoms with Crippen LogP contribution >= 0.6 is 22.9 Å². The van der Waals surface area contributed by atoms with Gasteiger partial charge < -0.3 is 10.1 Å². The molecule has 13 heteroatoms. The molecule has 0 aromatic carbocycles. The predicted octanol–water partition coefficient (Wildman–Crippen LogP) is 5.23. The summed E-state index contributed by atoms with van der Waals surface area (Å²) in [6.45, 7) is 6.38. The van der Waals surface area contributed by atoms with Crippen molar-refractivity contribution in [2.24, 2.45) is 0 Å². The van der Waals surface area contributed by atoms with Crippen molar-refractivity contribution in [3.05, 3.63) is 34.1 Å². The lowest BCUT2D eigenvalue weighted by molar-refractivity contribution is -0.137. The Morgan fingerprint density at radius 1 is 1.26 bits per heavy atom. The number of thiazole rings is 1. The summed E-state index contributed by atoms with van der Waals surface area (Å²) in [5.41, 5.74) is -0.237. The average Bonchev–Trinajstić information content (AvgIpc) is 3.31.